The van der Waals surface area contributed by atoms with Gasteiger partial charge in [0.05, 0.1) is 23.8 Å². The van der Waals surface area contributed by atoms with E-state index in [2.05, 4.69) is 14.9 Å². The van der Waals surface area contributed by atoms with Crippen LogP contribution in [0.5, 0.6) is 34.5 Å². The molecule has 0 saturated heterocycles. The number of phenolic OH excluding ortho intramolecular Hbond substituents is 3. The van der Waals surface area contributed by atoms with Crippen molar-refractivity contribution < 1.29 is 57.9 Å². The Hall–Kier alpha value is -8.88. The first-order chi connectivity index (χ1) is 31.0. The first kappa shape index (κ1) is 42.8. The molecule has 0 bridgehead atoms. The number of hydrogen-bond donors (Lipinski definition) is 3. The van der Waals surface area contributed by atoms with Crippen molar-refractivity contribution in [3.8, 4) is 34.5 Å². The number of phenols is 3. The molecule has 0 saturated carbocycles. The number of carbonyl (C=O) groups is 1. The molecule has 0 aromatic heterocycles. The lowest BCUT2D eigenvalue weighted by Gasteiger charge is -2.18. The summed E-state index contributed by atoms with van der Waals surface area (Å²) in [6, 6.07) is 26.7. The standard InChI is InChI=1S/C43H22N6O13S3/c44-47-31-19-37(24-12-4-7-15-27(24)41(31)51)63(54,55)60-34-22-36(62-65(58,59)39-21-33(49-46)43(53)29-17-9-6-14-26(29)39)35(18-30(34)40(50)23-10-2-1-3-11-23)61-64(56,57)38-20-32(48-45)42(52)28-16-8-5-13-25(28)38/h1-22H/p+3. The number of carbonyl (C=O) groups excluding carboxylic acids is 1. The maximum absolute atomic E-state index is 14.4. The van der Waals surface area contributed by atoms with E-state index in [9.17, 15) is 61.5 Å². The highest BCUT2D eigenvalue weighted by Crippen LogP contribution is 2.46. The molecule has 22 heteroatoms. The van der Waals surface area contributed by atoms with Crippen molar-refractivity contribution in [2.24, 2.45) is 0 Å². The number of rotatable bonds is 11. The SMILES string of the molecule is N#[N+]c1cc(S(=O)(=O)Oc2cc(OS(=O)(=O)c3cc([N+]#N)c(O)c4ccccc34)c(C(=O)c3ccccc3)cc2OS(=O)(=O)c2cc([N+]#N)c(O)c3ccccc23)c2ccccc2c1O. The van der Waals surface area contributed by atoms with E-state index in [1.807, 2.05) is 0 Å². The smallest absolute Gasteiger partial charge is 0.428 e. The third-order valence-corrected chi connectivity index (χ3v) is 13.8. The molecule has 8 aromatic carbocycles. The van der Waals surface area contributed by atoms with Gasteiger partial charge < -0.3 is 27.9 Å². The van der Waals surface area contributed by atoms with Crippen LogP contribution in [0.4, 0.5) is 17.1 Å². The molecule has 19 nitrogen and oxygen atoms in total. The number of diazo groups is 3. The first-order valence-electron chi connectivity index (χ1n) is 18.4. The maximum Gasteiger partial charge on any atom is 0.428 e. The number of nitrogens with zero attached hydrogens (tertiary/aromatic N) is 6. The monoisotopic (exact) mass is 929 g/mol. The van der Waals surface area contributed by atoms with Gasteiger partial charge in [-0.1, -0.05) is 103 Å². The van der Waals surface area contributed by atoms with Gasteiger partial charge in [-0.3, -0.25) is 4.79 Å². The lowest BCUT2D eigenvalue weighted by molar-refractivity contribution is 0.103. The van der Waals surface area contributed by atoms with Crippen molar-refractivity contribution in [1.29, 1.82) is 16.2 Å². The number of hydrogen-bond acceptors (Lipinski definition) is 16. The molecule has 0 atom stereocenters. The van der Waals surface area contributed by atoms with Gasteiger partial charge in [-0.15, -0.1) is 0 Å². The second-order valence-corrected chi connectivity index (χ2v) is 18.3. The lowest BCUT2D eigenvalue weighted by atomic mass is 10.0. The summed E-state index contributed by atoms with van der Waals surface area (Å²) in [5.41, 5.74) is -2.73. The quantitative estimate of drug-likeness (QED) is 0.0618. The van der Waals surface area contributed by atoms with E-state index in [4.69, 9.17) is 12.5 Å². The molecule has 320 valence electrons. The molecule has 0 aliphatic carbocycles. The second-order valence-electron chi connectivity index (χ2n) is 13.8. The van der Waals surface area contributed by atoms with Gasteiger partial charge in [-0.05, 0) is 0 Å². The Balaban J connectivity index is 1.39. The van der Waals surface area contributed by atoms with Gasteiger partial charge in [0.1, 0.15) is 14.7 Å². The van der Waals surface area contributed by atoms with E-state index >= 15 is 0 Å². The van der Waals surface area contributed by atoms with Crippen LogP contribution in [0, 0.1) is 16.2 Å². The van der Waals surface area contributed by atoms with Crippen LogP contribution < -0.4 is 12.5 Å². The minimum absolute atomic E-state index is 0.108. The van der Waals surface area contributed by atoms with E-state index < -0.39 is 108 Å². The summed E-state index contributed by atoms with van der Waals surface area (Å²) < 4.78 is 103. The fourth-order valence-corrected chi connectivity index (χ4v) is 10.4. The number of aromatic hydroxyl groups is 3. The fraction of sp³-hybridized carbons (Fsp3) is 0. The summed E-state index contributed by atoms with van der Waals surface area (Å²) >= 11 is 0. The van der Waals surface area contributed by atoms with Gasteiger partial charge in [0, 0.05) is 50.0 Å². The summed E-state index contributed by atoms with van der Waals surface area (Å²) in [5, 5.41) is 60.2. The Bertz CT molecular complexity index is 3850. The van der Waals surface area contributed by atoms with Crippen LogP contribution in [0.15, 0.2) is 148 Å². The molecule has 3 N–H and O–H groups in total. The van der Waals surface area contributed by atoms with Gasteiger partial charge >= 0.3 is 47.4 Å². The minimum atomic E-state index is -5.32. The molecule has 0 unspecified atom stereocenters. The molecule has 8 aromatic rings. The van der Waals surface area contributed by atoms with E-state index in [0.717, 1.165) is 18.2 Å². The molecule has 0 radical (unpaired) electrons. The highest BCUT2D eigenvalue weighted by atomic mass is 32.2. The molecule has 0 amide bonds. The summed E-state index contributed by atoms with van der Waals surface area (Å²) in [6.07, 6.45) is 0. The van der Waals surface area contributed by atoms with E-state index in [-0.39, 0.29) is 37.9 Å². The Labute approximate surface area is 366 Å². The third kappa shape index (κ3) is 7.59. The van der Waals surface area contributed by atoms with Crippen LogP contribution in [-0.2, 0) is 30.4 Å². The summed E-state index contributed by atoms with van der Waals surface area (Å²) in [5.74, 6) is -6.03. The Morgan fingerprint density at radius 2 is 0.723 bits per heavy atom. The fourth-order valence-electron chi connectivity index (χ4n) is 6.94. The average molecular weight is 930 g/mol. The molecule has 0 aliphatic heterocycles. The van der Waals surface area contributed by atoms with Crippen LogP contribution in [0.2, 0.25) is 0 Å². The van der Waals surface area contributed by atoms with Crippen LogP contribution in [0.25, 0.3) is 47.2 Å². The Morgan fingerprint density at radius 1 is 0.415 bits per heavy atom. The van der Waals surface area contributed by atoms with Crippen LogP contribution >= 0.6 is 0 Å². The zero-order valence-electron chi connectivity index (χ0n) is 32.5. The Kier molecular flexibility index (Phi) is 10.6. The lowest BCUT2D eigenvalue weighted by Crippen LogP contribution is -2.17. The van der Waals surface area contributed by atoms with Crippen molar-refractivity contribution in [2.45, 2.75) is 14.7 Å². The summed E-state index contributed by atoms with van der Waals surface area (Å²) in [6.45, 7) is 0. The summed E-state index contributed by atoms with van der Waals surface area (Å²) in [7, 11) is -15.8. The zero-order chi connectivity index (χ0) is 46.4. The van der Waals surface area contributed by atoms with Gasteiger partial charge in [-0.25, -0.2) is 0 Å². The van der Waals surface area contributed by atoms with Crippen molar-refractivity contribution in [1.82, 2.24) is 0 Å². The first-order valence-corrected chi connectivity index (χ1v) is 22.6. The normalized spacial score (nSPS) is 11.6. The van der Waals surface area contributed by atoms with Crippen LogP contribution in [-0.4, -0.2) is 46.4 Å². The molecule has 0 aliphatic rings. The average Bonchev–Trinajstić information content (AvgIpc) is 3.30. The molecular formula is C43H25N6O13S3+3. The highest BCUT2D eigenvalue weighted by Gasteiger charge is 2.36. The maximum atomic E-state index is 14.4. The van der Waals surface area contributed by atoms with E-state index in [0.29, 0.717) is 12.1 Å². The molecule has 0 spiro atoms. The highest BCUT2D eigenvalue weighted by molar-refractivity contribution is 7.88. The predicted octanol–water partition coefficient (Wildman–Crippen LogP) is 9.25. The number of ketones is 1. The minimum Gasteiger partial charge on any atom is -0.501 e. The number of fused-ring (bicyclic) bond motifs is 3. The van der Waals surface area contributed by atoms with Crippen molar-refractivity contribution in [3.05, 3.63) is 160 Å². The van der Waals surface area contributed by atoms with Gasteiger partial charge in [0.25, 0.3) is 0 Å². The van der Waals surface area contributed by atoms with Gasteiger partial charge in [-0.2, -0.15) is 25.3 Å². The second kappa shape index (κ2) is 16.1. The van der Waals surface area contributed by atoms with Crippen molar-refractivity contribution in [2.75, 3.05) is 0 Å². The van der Waals surface area contributed by atoms with Crippen LogP contribution in [0.3, 0.4) is 0 Å². The molecule has 0 heterocycles. The third-order valence-electron chi connectivity index (χ3n) is 9.93. The van der Waals surface area contributed by atoms with E-state index in [1.54, 1.807) is 6.07 Å². The topological polar surface area (TPSA) is 292 Å². The molecule has 0 fully saturated rings. The summed E-state index contributed by atoms with van der Waals surface area (Å²) in [4.78, 5) is 21.0. The molecular weight excluding hydrogens is 905 g/mol. The van der Waals surface area contributed by atoms with Gasteiger partial charge in [0.15, 0.2) is 38.0 Å². The molecule has 8 rings (SSSR count). The van der Waals surface area contributed by atoms with Gasteiger partial charge in [0.2, 0.25) is 33.4 Å². The predicted molar refractivity (Wildman–Crippen MR) is 231 cm³/mol. The Morgan fingerprint density at radius 3 is 1.08 bits per heavy atom. The molecule has 65 heavy (non-hydrogen) atoms. The van der Waals surface area contributed by atoms with Crippen molar-refractivity contribution >= 4 is 85.5 Å². The van der Waals surface area contributed by atoms with Crippen LogP contribution in [0.1, 0.15) is 15.9 Å². The zero-order valence-corrected chi connectivity index (χ0v) is 35.0. The van der Waals surface area contributed by atoms with E-state index in [1.165, 1.54) is 97.1 Å². The van der Waals surface area contributed by atoms with Crippen molar-refractivity contribution in [3.63, 3.8) is 0 Å². The largest absolute Gasteiger partial charge is 0.501 e. The number of benzene rings is 8.